The van der Waals surface area contributed by atoms with E-state index in [2.05, 4.69) is 40.8 Å². The number of nitrogens with one attached hydrogen (secondary N) is 1. The maximum Gasteiger partial charge on any atom is 0.120 e. The van der Waals surface area contributed by atoms with Crippen molar-refractivity contribution in [1.82, 2.24) is 4.98 Å². The lowest BCUT2D eigenvalue weighted by molar-refractivity contribution is 0.645. The van der Waals surface area contributed by atoms with Gasteiger partial charge in [-0.15, -0.1) is 0 Å². The molecule has 3 nitrogen and oxygen atoms in total. The van der Waals surface area contributed by atoms with Gasteiger partial charge in [-0.2, -0.15) is 5.26 Å². The molecular formula is C9H12BrN3. The number of anilines is 1. The SMILES string of the molecule is CC(C)Cc1c(Br)[nH]c(N)c1C#N. The highest BCUT2D eigenvalue weighted by molar-refractivity contribution is 9.10. The predicted octanol–water partition coefficient (Wildman–Crippen LogP) is 2.43. The van der Waals surface area contributed by atoms with Gasteiger partial charge in [-0.05, 0) is 28.3 Å². The Kier molecular flexibility index (Phi) is 2.99. The van der Waals surface area contributed by atoms with Crippen LogP contribution < -0.4 is 5.73 Å². The first-order valence-corrected chi connectivity index (χ1v) is 4.91. The van der Waals surface area contributed by atoms with E-state index in [9.17, 15) is 0 Å². The molecule has 0 aliphatic heterocycles. The molecule has 0 amide bonds. The quantitative estimate of drug-likeness (QED) is 0.836. The Labute approximate surface area is 86.1 Å². The molecule has 0 fully saturated rings. The van der Waals surface area contributed by atoms with Crippen molar-refractivity contribution in [3.63, 3.8) is 0 Å². The molecule has 3 N–H and O–H groups in total. The first-order chi connectivity index (χ1) is 6.06. The number of nitrogens with zero attached hydrogens (tertiary/aromatic N) is 1. The fourth-order valence-electron chi connectivity index (χ4n) is 1.26. The molecule has 0 saturated carbocycles. The molecule has 1 rings (SSSR count). The van der Waals surface area contributed by atoms with Crippen LogP contribution in [0.2, 0.25) is 0 Å². The largest absolute Gasteiger partial charge is 0.384 e. The zero-order valence-corrected chi connectivity index (χ0v) is 9.27. The maximum atomic E-state index is 8.85. The standard InChI is InChI=1S/C9H12BrN3/c1-5(2)3-6-7(4-11)9(12)13-8(6)10/h5,13H,3,12H2,1-2H3. The number of nitrogen functional groups attached to an aromatic ring is 1. The van der Waals surface area contributed by atoms with Gasteiger partial charge in [0.2, 0.25) is 0 Å². The number of aromatic nitrogens is 1. The van der Waals surface area contributed by atoms with Crippen molar-refractivity contribution in [2.45, 2.75) is 20.3 Å². The van der Waals surface area contributed by atoms with Crippen molar-refractivity contribution in [3.8, 4) is 6.07 Å². The van der Waals surface area contributed by atoms with Gasteiger partial charge in [0, 0.05) is 5.56 Å². The zero-order valence-electron chi connectivity index (χ0n) is 7.69. The van der Waals surface area contributed by atoms with Gasteiger partial charge in [-0.3, -0.25) is 0 Å². The first kappa shape index (κ1) is 10.1. The van der Waals surface area contributed by atoms with Gasteiger partial charge in [0.05, 0.1) is 10.2 Å². The number of rotatable bonds is 2. The van der Waals surface area contributed by atoms with E-state index in [0.29, 0.717) is 17.3 Å². The fourth-order valence-corrected chi connectivity index (χ4v) is 1.83. The second-order valence-corrected chi connectivity index (χ2v) is 4.21. The molecule has 70 valence electrons. The highest BCUT2D eigenvalue weighted by Gasteiger charge is 2.14. The summed E-state index contributed by atoms with van der Waals surface area (Å²) >= 11 is 3.35. The van der Waals surface area contributed by atoms with Crippen molar-refractivity contribution in [3.05, 3.63) is 15.7 Å². The molecule has 4 heteroatoms. The molecule has 0 aliphatic carbocycles. The Morgan fingerprint density at radius 3 is 2.69 bits per heavy atom. The van der Waals surface area contributed by atoms with Crippen molar-refractivity contribution in [2.24, 2.45) is 5.92 Å². The van der Waals surface area contributed by atoms with E-state index in [4.69, 9.17) is 11.0 Å². The lowest BCUT2D eigenvalue weighted by Crippen LogP contribution is -1.96. The van der Waals surface area contributed by atoms with E-state index >= 15 is 0 Å². The topological polar surface area (TPSA) is 65.6 Å². The summed E-state index contributed by atoms with van der Waals surface area (Å²) in [5.41, 5.74) is 7.17. The minimum atomic E-state index is 0.449. The molecule has 0 saturated heterocycles. The summed E-state index contributed by atoms with van der Waals surface area (Å²) in [5.74, 6) is 0.962. The van der Waals surface area contributed by atoms with Gasteiger partial charge >= 0.3 is 0 Å². The molecule has 1 aromatic heterocycles. The Morgan fingerprint density at radius 1 is 1.62 bits per heavy atom. The number of aromatic amines is 1. The summed E-state index contributed by atoms with van der Waals surface area (Å²) in [5, 5.41) is 8.85. The van der Waals surface area contributed by atoms with Crippen LogP contribution in [-0.4, -0.2) is 4.98 Å². The molecule has 0 radical (unpaired) electrons. The minimum Gasteiger partial charge on any atom is -0.384 e. The molecule has 1 aromatic rings. The molecule has 0 atom stereocenters. The molecule has 0 spiro atoms. The smallest absolute Gasteiger partial charge is 0.120 e. The number of hydrogen-bond acceptors (Lipinski definition) is 2. The Balaban J connectivity index is 3.12. The maximum absolute atomic E-state index is 8.85. The third-order valence-electron chi connectivity index (χ3n) is 1.80. The first-order valence-electron chi connectivity index (χ1n) is 4.12. The number of halogens is 1. The van der Waals surface area contributed by atoms with E-state index in [1.54, 1.807) is 0 Å². The van der Waals surface area contributed by atoms with Crippen molar-refractivity contribution < 1.29 is 0 Å². The van der Waals surface area contributed by atoms with Crippen molar-refractivity contribution in [1.29, 1.82) is 5.26 Å². The lowest BCUT2D eigenvalue weighted by atomic mass is 10.0. The highest BCUT2D eigenvalue weighted by atomic mass is 79.9. The van der Waals surface area contributed by atoms with Crippen LogP contribution in [0.3, 0.4) is 0 Å². The van der Waals surface area contributed by atoms with Crippen LogP contribution in [0.1, 0.15) is 25.0 Å². The summed E-state index contributed by atoms with van der Waals surface area (Å²) in [6.07, 6.45) is 0.858. The molecule has 13 heavy (non-hydrogen) atoms. The molecule has 0 unspecified atom stereocenters. The number of nitrogens with two attached hydrogens (primary N) is 1. The molecule has 0 aromatic carbocycles. The van der Waals surface area contributed by atoms with Crippen LogP contribution in [0.5, 0.6) is 0 Å². The van der Waals surface area contributed by atoms with Crippen molar-refractivity contribution >= 4 is 21.7 Å². The van der Waals surface area contributed by atoms with E-state index in [0.717, 1.165) is 16.6 Å². The van der Waals surface area contributed by atoms with Gasteiger partial charge in [0.15, 0.2) is 0 Å². The Hall–Kier alpha value is -0.950. The van der Waals surface area contributed by atoms with Gasteiger partial charge < -0.3 is 10.7 Å². The van der Waals surface area contributed by atoms with Gasteiger partial charge in [-0.25, -0.2) is 0 Å². The predicted molar refractivity (Wildman–Crippen MR) is 56.2 cm³/mol. The second kappa shape index (κ2) is 3.84. The fraction of sp³-hybridized carbons (Fsp3) is 0.444. The summed E-state index contributed by atoms with van der Waals surface area (Å²) in [6, 6.07) is 2.10. The highest BCUT2D eigenvalue weighted by Crippen LogP contribution is 2.27. The van der Waals surface area contributed by atoms with Crippen LogP contribution >= 0.6 is 15.9 Å². The minimum absolute atomic E-state index is 0.449. The Bertz CT molecular complexity index is 346. The average Bonchev–Trinajstić information content (AvgIpc) is 2.26. The third kappa shape index (κ3) is 2.04. The molecule has 1 heterocycles. The van der Waals surface area contributed by atoms with Gasteiger partial charge in [0.1, 0.15) is 11.9 Å². The molecule has 0 bridgehead atoms. The second-order valence-electron chi connectivity index (χ2n) is 3.42. The van der Waals surface area contributed by atoms with Gasteiger partial charge in [-0.1, -0.05) is 13.8 Å². The van der Waals surface area contributed by atoms with Crippen LogP contribution in [0.25, 0.3) is 0 Å². The number of hydrogen-bond donors (Lipinski definition) is 2. The normalized spacial score (nSPS) is 10.4. The summed E-state index contributed by atoms with van der Waals surface area (Å²) in [7, 11) is 0. The van der Waals surface area contributed by atoms with Crippen LogP contribution in [0.15, 0.2) is 4.60 Å². The average molecular weight is 242 g/mol. The summed E-state index contributed by atoms with van der Waals surface area (Å²) in [4.78, 5) is 2.90. The third-order valence-corrected chi connectivity index (χ3v) is 2.48. The number of H-pyrrole nitrogens is 1. The van der Waals surface area contributed by atoms with Crippen LogP contribution in [-0.2, 0) is 6.42 Å². The lowest BCUT2D eigenvalue weighted by Gasteiger charge is -2.03. The molecule has 0 aliphatic rings. The van der Waals surface area contributed by atoms with E-state index in [-0.39, 0.29) is 0 Å². The van der Waals surface area contributed by atoms with Crippen molar-refractivity contribution in [2.75, 3.05) is 5.73 Å². The zero-order chi connectivity index (χ0) is 10.0. The number of nitriles is 1. The van der Waals surface area contributed by atoms with Crippen LogP contribution in [0.4, 0.5) is 5.82 Å². The summed E-state index contributed by atoms with van der Waals surface area (Å²) in [6.45, 7) is 4.22. The van der Waals surface area contributed by atoms with E-state index < -0.39 is 0 Å². The van der Waals surface area contributed by atoms with Crippen LogP contribution in [0, 0.1) is 17.2 Å². The van der Waals surface area contributed by atoms with Gasteiger partial charge in [0.25, 0.3) is 0 Å². The molecular weight excluding hydrogens is 230 g/mol. The van der Waals surface area contributed by atoms with E-state index in [1.807, 2.05) is 0 Å². The summed E-state index contributed by atoms with van der Waals surface area (Å²) < 4.78 is 0.829. The Morgan fingerprint density at radius 2 is 2.23 bits per heavy atom. The monoisotopic (exact) mass is 241 g/mol. The van der Waals surface area contributed by atoms with E-state index in [1.165, 1.54) is 0 Å².